The van der Waals surface area contributed by atoms with E-state index < -0.39 is 5.97 Å². The topological polar surface area (TPSA) is 84.9 Å². The van der Waals surface area contributed by atoms with Gasteiger partial charge in [-0.1, -0.05) is 0 Å². The van der Waals surface area contributed by atoms with Gasteiger partial charge < -0.3 is 19.9 Å². The first-order chi connectivity index (χ1) is 9.54. The zero-order valence-corrected chi connectivity index (χ0v) is 11.6. The molecule has 0 radical (unpaired) electrons. The first kappa shape index (κ1) is 16.0. The van der Waals surface area contributed by atoms with Gasteiger partial charge in [0, 0.05) is 20.3 Å². The predicted octanol–water partition coefficient (Wildman–Crippen LogP) is 1.22. The molecule has 0 atom stereocenters. The number of carboxylic acid groups (broad SMARTS) is 1. The molecular formula is C14H19NO5. The Labute approximate surface area is 117 Å². The number of hydrogen-bond donors (Lipinski definition) is 2. The highest BCUT2D eigenvalue weighted by Gasteiger charge is 2.08. The highest BCUT2D eigenvalue weighted by Crippen LogP contribution is 2.17. The van der Waals surface area contributed by atoms with Gasteiger partial charge in [-0.3, -0.25) is 4.79 Å². The zero-order chi connectivity index (χ0) is 15.0. The molecule has 0 unspecified atom stereocenters. The molecule has 0 aliphatic heterocycles. The van der Waals surface area contributed by atoms with E-state index in [4.69, 9.17) is 14.6 Å². The van der Waals surface area contributed by atoms with Crippen LogP contribution in [0.3, 0.4) is 0 Å². The second-order valence-corrected chi connectivity index (χ2v) is 4.27. The van der Waals surface area contributed by atoms with Crippen LogP contribution in [0.1, 0.15) is 22.3 Å². The van der Waals surface area contributed by atoms with Crippen LogP contribution in [-0.4, -0.2) is 43.9 Å². The fourth-order valence-electron chi connectivity index (χ4n) is 1.61. The summed E-state index contributed by atoms with van der Waals surface area (Å²) in [5.74, 6) is -0.731. The smallest absolute Gasteiger partial charge is 0.335 e. The first-order valence-electron chi connectivity index (χ1n) is 6.27. The molecule has 0 bridgehead atoms. The van der Waals surface area contributed by atoms with Gasteiger partial charge in [-0.05, 0) is 37.1 Å². The van der Waals surface area contributed by atoms with E-state index in [1.807, 2.05) is 0 Å². The van der Waals surface area contributed by atoms with Crippen LogP contribution in [0.5, 0.6) is 5.75 Å². The van der Waals surface area contributed by atoms with Gasteiger partial charge in [-0.25, -0.2) is 4.79 Å². The van der Waals surface area contributed by atoms with Gasteiger partial charge in [0.05, 0.1) is 5.56 Å². The summed E-state index contributed by atoms with van der Waals surface area (Å²) in [5.41, 5.74) is 0.817. The SMILES string of the molecule is COCCCNC(=O)COc1ccc(C(=O)O)c(C)c1. The number of aromatic carboxylic acids is 1. The van der Waals surface area contributed by atoms with E-state index in [0.717, 1.165) is 6.42 Å². The Morgan fingerprint density at radius 1 is 1.35 bits per heavy atom. The number of hydrogen-bond acceptors (Lipinski definition) is 4. The van der Waals surface area contributed by atoms with Crippen molar-refractivity contribution < 1.29 is 24.2 Å². The third kappa shape index (κ3) is 5.27. The molecular weight excluding hydrogens is 262 g/mol. The quantitative estimate of drug-likeness (QED) is 0.700. The van der Waals surface area contributed by atoms with E-state index in [1.54, 1.807) is 20.1 Å². The van der Waals surface area contributed by atoms with E-state index in [1.165, 1.54) is 12.1 Å². The molecule has 0 heterocycles. The van der Waals surface area contributed by atoms with Crippen molar-refractivity contribution in [3.05, 3.63) is 29.3 Å². The van der Waals surface area contributed by atoms with Gasteiger partial charge in [-0.2, -0.15) is 0 Å². The van der Waals surface area contributed by atoms with Crippen molar-refractivity contribution in [3.63, 3.8) is 0 Å². The number of aryl methyl sites for hydroxylation is 1. The predicted molar refractivity (Wildman–Crippen MR) is 73.1 cm³/mol. The van der Waals surface area contributed by atoms with Crippen molar-refractivity contribution in [1.82, 2.24) is 5.32 Å². The van der Waals surface area contributed by atoms with Gasteiger partial charge in [0.1, 0.15) is 5.75 Å². The highest BCUT2D eigenvalue weighted by atomic mass is 16.5. The number of amides is 1. The minimum Gasteiger partial charge on any atom is -0.484 e. The number of carbonyl (C=O) groups is 2. The van der Waals surface area contributed by atoms with E-state index >= 15 is 0 Å². The van der Waals surface area contributed by atoms with Crippen LogP contribution >= 0.6 is 0 Å². The molecule has 1 amide bonds. The van der Waals surface area contributed by atoms with Crippen LogP contribution in [0.25, 0.3) is 0 Å². The Balaban J connectivity index is 2.40. The van der Waals surface area contributed by atoms with Crippen LogP contribution in [0.15, 0.2) is 18.2 Å². The standard InChI is InChI=1S/C14H19NO5/c1-10-8-11(4-5-12(10)14(17)18)20-9-13(16)15-6-3-7-19-2/h4-5,8H,3,6-7,9H2,1-2H3,(H,15,16)(H,17,18). The largest absolute Gasteiger partial charge is 0.484 e. The molecule has 110 valence electrons. The maximum absolute atomic E-state index is 11.5. The fraction of sp³-hybridized carbons (Fsp3) is 0.429. The van der Waals surface area contributed by atoms with Crippen molar-refractivity contribution in [2.75, 3.05) is 26.9 Å². The van der Waals surface area contributed by atoms with Crippen molar-refractivity contribution in [2.45, 2.75) is 13.3 Å². The van der Waals surface area contributed by atoms with E-state index in [-0.39, 0.29) is 18.1 Å². The summed E-state index contributed by atoms with van der Waals surface area (Å²) in [5, 5.41) is 11.6. The van der Waals surface area contributed by atoms with Gasteiger partial charge in [0.15, 0.2) is 6.61 Å². The summed E-state index contributed by atoms with van der Waals surface area (Å²) in [4.78, 5) is 22.3. The third-order valence-corrected chi connectivity index (χ3v) is 2.65. The minimum absolute atomic E-state index is 0.0984. The summed E-state index contributed by atoms with van der Waals surface area (Å²) >= 11 is 0. The average Bonchev–Trinajstić information content (AvgIpc) is 2.41. The molecule has 0 aliphatic rings. The van der Waals surface area contributed by atoms with Crippen molar-refractivity contribution >= 4 is 11.9 Å². The molecule has 6 heteroatoms. The fourth-order valence-corrected chi connectivity index (χ4v) is 1.61. The second-order valence-electron chi connectivity index (χ2n) is 4.27. The lowest BCUT2D eigenvalue weighted by Crippen LogP contribution is -2.30. The van der Waals surface area contributed by atoms with Crippen molar-refractivity contribution in [1.29, 1.82) is 0 Å². The summed E-state index contributed by atoms with van der Waals surface area (Å²) < 4.78 is 10.2. The minimum atomic E-state index is -0.982. The van der Waals surface area contributed by atoms with E-state index in [2.05, 4.69) is 5.32 Å². The van der Waals surface area contributed by atoms with Crippen LogP contribution in [-0.2, 0) is 9.53 Å². The summed E-state index contributed by atoms with van der Waals surface area (Å²) in [6.45, 7) is 2.71. The van der Waals surface area contributed by atoms with Crippen molar-refractivity contribution in [2.24, 2.45) is 0 Å². The lowest BCUT2D eigenvalue weighted by molar-refractivity contribution is -0.123. The number of carboxylic acids is 1. The molecule has 0 saturated carbocycles. The Hall–Kier alpha value is -2.08. The lowest BCUT2D eigenvalue weighted by atomic mass is 10.1. The second kappa shape index (κ2) is 8.16. The number of carbonyl (C=O) groups excluding carboxylic acids is 1. The Morgan fingerprint density at radius 2 is 2.10 bits per heavy atom. The molecule has 0 fully saturated rings. The molecule has 0 saturated heterocycles. The molecule has 20 heavy (non-hydrogen) atoms. The molecule has 0 aromatic heterocycles. The van der Waals surface area contributed by atoms with E-state index in [9.17, 15) is 9.59 Å². The molecule has 2 N–H and O–H groups in total. The van der Waals surface area contributed by atoms with E-state index in [0.29, 0.717) is 24.5 Å². The van der Waals surface area contributed by atoms with Crippen LogP contribution in [0.4, 0.5) is 0 Å². The Kier molecular flexibility index (Phi) is 6.52. The summed E-state index contributed by atoms with van der Waals surface area (Å²) in [6.07, 6.45) is 0.745. The molecule has 1 aromatic carbocycles. The number of benzene rings is 1. The zero-order valence-electron chi connectivity index (χ0n) is 11.6. The van der Waals surface area contributed by atoms with Gasteiger partial charge in [0.25, 0.3) is 5.91 Å². The van der Waals surface area contributed by atoms with Crippen molar-refractivity contribution in [3.8, 4) is 5.75 Å². The summed E-state index contributed by atoms with van der Waals surface area (Å²) in [6, 6.07) is 4.60. The normalized spacial score (nSPS) is 10.1. The van der Waals surface area contributed by atoms with Gasteiger partial charge in [-0.15, -0.1) is 0 Å². The number of methoxy groups -OCH3 is 1. The molecule has 6 nitrogen and oxygen atoms in total. The Bertz CT molecular complexity index is 473. The number of nitrogens with one attached hydrogen (secondary N) is 1. The number of ether oxygens (including phenoxy) is 2. The first-order valence-corrected chi connectivity index (χ1v) is 6.27. The molecule has 0 spiro atoms. The lowest BCUT2D eigenvalue weighted by Gasteiger charge is -2.09. The molecule has 0 aliphatic carbocycles. The monoisotopic (exact) mass is 281 g/mol. The molecule has 1 aromatic rings. The maximum atomic E-state index is 11.5. The third-order valence-electron chi connectivity index (χ3n) is 2.65. The highest BCUT2D eigenvalue weighted by molar-refractivity contribution is 5.89. The van der Waals surface area contributed by atoms with Crippen LogP contribution < -0.4 is 10.1 Å². The average molecular weight is 281 g/mol. The van der Waals surface area contributed by atoms with Gasteiger partial charge in [0.2, 0.25) is 0 Å². The van der Waals surface area contributed by atoms with Crippen LogP contribution in [0.2, 0.25) is 0 Å². The Morgan fingerprint density at radius 3 is 2.70 bits per heavy atom. The molecule has 1 rings (SSSR count). The maximum Gasteiger partial charge on any atom is 0.335 e. The van der Waals surface area contributed by atoms with Gasteiger partial charge >= 0.3 is 5.97 Å². The summed E-state index contributed by atoms with van der Waals surface area (Å²) in [7, 11) is 1.61. The number of rotatable bonds is 8. The van der Waals surface area contributed by atoms with Crippen LogP contribution in [0, 0.1) is 6.92 Å².